The number of hydrogen-bond acceptors (Lipinski definition) is 6. The second-order valence-electron chi connectivity index (χ2n) is 8.73. The van der Waals surface area contributed by atoms with Crippen LogP contribution in [0.3, 0.4) is 0 Å². The summed E-state index contributed by atoms with van der Waals surface area (Å²) < 4.78 is 0. The van der Waals surface area contributed by atoms with Crippen LogP contribution in [0, 0.1) is 0 Å². The van der Waals surface area contributed by atoms with Crippen LogP contribution in [0.5, 0.6) is 0 Å². The normalized spacial score (nSPS) is 12.5. The first kappa shape index (κ1) is 32.6. The summed E-state index contributed by atoms with van der Waals surface area (Å²) in [5.74, 6) is -1.43. The highest BCUT2D eigenvalue weighted by Crippen LogP contribution is 2.16. The van der Waals surface area contributed by atoms with E-state index >= 15 is 0 Å². The van der Waals surface area contributed by atoms with Crippen molar-refractivity contribution in [2.75, 3.05) is 16.6 Å². The number of benzene rings is 1. The Balaban J connectivity index is 2.31. The molecular weight excluding hydrogens is 516 g/mol. The molecule has 0 radical (unpaired) electrons. The maximum atomic E-state index is 12.1. The van der Waals surface area contributed by atoms with Gasteiger partial charge in [-0.3, -0.25) is 4.79 Å². The van der Waals surface area contributed by atoms with Gasteiger partial charge in [0.1, 0.15) is 12.1 Å². The topological polar surface area (TPSA) is 153 Å². The number of nitrogens with one attached hydrogen (secondary N) is 2. The summed E-state index contributed by atoms with van der Waals surface area (Å²) in [4.78, 5) is 45.4. The lowest BCUT2D eigenvalue weighted by Crippen LogP contribution is -2.51. The molecule has 1 aromatic rings. The van der Waals surface area contributed by atoms with Crippen molar-refractivity contribution < 1.29 is 34.5 Å². The number of carboxylic acids is 3. The van der Waals surface area contributed by atoms with Crippen molar-refractivity contribution in [3.05, 3.63) is 35.4 Å². The smallest absolute Gasteiger partial charge is 0.326 e. The zero-order valence-electron chi connectivity index (χ0n) is 21.4. The van der Waals surface area contributed by atoms with Gasteiger partial charge in [-0.2, -0.15) is 23.5 Å². The predicted molar refractivity (Wildman–Crippen MR) is 148 cm³/mol. The molecule has 1 rings (SSSR count). The number of carbonyl (C=O) groups is 4. The number of urea groups is 1. The molecule has 0 aromatic heterocycles. The number of hydrogen-bond donors (Lipinski definition) is 5. The number of aliphatic carboxylic acids is 3. The van der Waals surface area contributed by atoms with Crippen molar-refractivity contribution in [2.45, 2.75) is 83.2 Å². The van der Waals surface area contributed by atoms with E-state index in [0.29, 0.717) is 6.42 Å². The predicted octanol–water partition coefficient (Wildman–Crippen LogP) is 4.63. The monoisotopic (exact) mass is 556 g/mol. The Hall–Kier alpha value is -2.40. The highest BCUT2D eigenvalue weighted by molar-refractivity contribution is 8.15. The van der Waals surface area contributed by atoms with Crippen molar-refractivity contribution in [1.82, 2.24) is 10.6 Å². The lowest BCUT2D eigenvalue weighted by molar-refractivity contribution is -0.140. The van der Waals surface area contributed by atoms with Gasteiger partial charge in [-0.15, -0.1) is 0 Å². The fourth-order valence-corrected chi connectivity index (χ4v) is 5.65. The molecule has 0 heterocycles. The number of carbonyl (C=O) groups excluding carboxylic acids is 1. The molecule has 0 spiro atoms. The van der Waals surface area contributed by atoms with Crippen molar-refractivity contribution in [3.8, 4) is 0 Å². The lowest BCUT2D eigenvalue weighted by atomic mass is 10.0. The van der Waals surface area contributed by atoms with E-state index in [4.69, 9.17) is 10.2 Å². The number of carboxylic acid groups (broad SMARTS) is 3. The van der Waals surface area contributed by atoms with Crippen LogP contribution < -0.4 is 10.6 Å². The standard InChI is InChI=1S/C26H40N2O7S2/c1-2-36-18-37-16-8-12-20-11-7-10-19(17-20)9-5-3-4-6-13-21(24(31)32)27-26(35)28-22(25(33)34)14-15-23(29)30/h7,10-11,17,21-22H,2-6,8-9,12-16,18H2,1H3,(H,29,30)(H,31,32)(H,33,34)(H2,27,28,35)/t21-,22-/m0/s1. The lowest BCUT2D eigenvalue weighted by Gasteiger charge is -2.18. The van der Waals surface area contributed by atoms with Crippen molar-refractivity contribution >= 4 is 47.5 Å². The van der Waals surface area contributed by atoms with Gasteiger partial charge in [-0.25, -0.2) is 14.4 Å². The second kappa shape index (κ2) is 19.7. The molecule has 0 saturated carbocycles. The van der Waals surface area contributed by atoms with Crippen LogP contribution >= 0.6 is 23.5 Å². The number of aryl methyl sites for hydroxylation is 2. The van der Waals surface area contributed by atoms with Crippen LogP contribution in [-0.4, -0.2) is 67.9 Å². The van der Waals surface area contributed by atoms with Gasteiger partial charge in [-0.1, -0.05) is 50.5 Å². The van der Waals surface area contributed by atoms with Crippen LogP contribution in [0.15, 0.2) is 24.3 Å². The highest BCUT2D eigenvalue weighted by atomic mass is 32.2. The molecule has 1 aromatic carbocycles. The first-order valence-electron chi connectivity index (χ1n) is 12.7. The van der Waals surface area contributed by atoms with Crippen molar-refractivity contribution in [2.24, 2.45) is 0 Å². The Bertz CT molecular complexity index is 854. The summed E-state index contributed by atoms with van der Waals surface area (Å²) in [6, 6.07) is 5.19. The van der Waals surface area contributed by atoms with Crippen LogP contribution in [0.1, 0.15) is 69.4 Å². The third-order valence-electron chi connectivity index (χ3n) is 5.68. The van der Waals surface area contributed by atoms with E-state index in [1.165, 1.54) is 23.3 Å². The van der Waals surface area contributed by atoms with Gasteiger partial charge in [-0.05, 0) is 61.2 Å². The number of thioether (sulfide) groups is 2. The van der Waals surface area contributed by atoms with Gasteiger partial charge in [0.05, 0.1) is 0 Å². The Morgan fingerprint density at radius 3 is 2.00 bits per heavy atom. The van der Waals surface area contributed by atoms with Crippen LogP contribution in [-0.2, 0) is 27.2 Å². The fraction of sp³-hybridized carbons (Fsp3) is 0.615. The summed E-state index contributed by atoms with van der Waals surface area (Å²) in [5.41, 5.74) is 2.67. The van der Waals surface area contributed by atoms with E-state index in [2.05, 4.69) is 41.8 Å². The molecule has 0 aliphatic carbocycles. The minimum atomic E-state index is -1.41. The molecule has 0 aliphatic rings. The van der Waals surface area contributed by atoms with Gasteiger partial charge in [0.2, 0.25) is 0 Å². The summed E-state index contributed by atoms with van der Waals surface area (Å²) in [6.07, 6.45) is 6.07. The Morgan fingerprint density at radius 2 is 1.41 bits per heavy atom. The maximum Gasteiger partial charge on any atom is 0.326 e. The van der Waals surface area contributed by atoms with E-state index in [0.717, 1.165) is 42.9 Å². The average molecular weight is 557 g/mol. The maximum absolute atomic E-state index is 12.1. The molecule has 0 fully saturated rings. The average Bonchev–Trinajstić information content (AvgIpc) is 2.85. The molecular formula is C26H40N2O7S2. The molecule has 0 aliphatic heterocycles. The number of unbranched alkanes of at least 4 members (excludes halogenated alkanes) is 3. The quantitative estimate of drug-likeness (QED) is 0.108. The van der Waals surface area contributed by atoms with E-state index in [9.17, 15) is 24.3 Å². The minimum absolute atomic E-state index is 0.222. The van der Waals surface area contributed by atoms with Crippen LogP contribution in [0.2, 0.25) is 0 Å². The van der Waals surface area contributed by atoms with Gasteiger partial charge < -0.3 is 26.0 Å². The molecule has 0 unspecified atom stereocenters. The Morgan fingerprint density at radius 1 is 0.811 bits per heavy atom. The summed E-state index contributed by atoms with van der Waals surface area (Å²) >= 11 is 3.95. The van der Waals surface area contributed by atoms with Crippen LogP contribution in [0.25, 0.3) is 0 Å². The largest absolute Gasteiger partial charge is 0.481 e. The SMILES string of the molecule is CCSCSCCCc1cccc(CCCCCC[C@H](NC(=O)N[C@@H](CCC(=O)O)C(=O)O)C(=O)O)c1. The van der Waals surface area contributed by atoms with Crippen molar-refractivity contribution in [3.63, 3.8) is 0 Å². The molecule has 0 bridgehead atoms. The van der Waals surface area contributed by atoms with Gasteiger partial charge in [0.25, 0.3) is 0 Å². The number of rotatable bonds is 21. The van der Waals surface area contributed by atoms with Gasteiger partial charge in [0, 0.05) is 11.5 Å². The molecule has 11 heteroatoms. The fourth-order valence-electron chi connectivity index (χ4n) is 3.69. The first-order chi connectivity index (χ1) is 17.7. The second-order valence-corrected chi connectivity index (χ2v) is 11.5. The van der Waals surface area contributed by atoms with E-state index in [1.54, 1.807) is 0 Å². The van der Waals surface area contributed by atoms with Gasteiger partial charge in [0.15, 0.2) is 0 Å². The van der Waals surface area contributed by atoms with E-state index in [1.807, 2.05) is 23.5 Å². The highest BCUT2D eigenvalue weighted by Gasteiger charge is 2.24. The zero-order chi connectivity index (χ0) is 27.5. The molecule has 9 nitrogen and oxygen atoms in total. The zero-order valence-corrected chi connectivity index (χ0v) is 23.1. The molecule has 37 heavy (non-hydrogen) atoms. The molecule has 2 atom stereocenters. The first-order valence-corrected chi connectivity index (χ1v) is 15.0. The third kappa shape index (κ3) is 16.1. The van der Waals surface area contributed by atoms with Crippen molar-refractivity contribution in [1.29, 1.82) is 0 Å². The Labute approximate surface area is 227 Å². The van der Waals surface area contributed by atoms with Crippen LogP contribution in [0.4, 0.5) is 4.79 Å². The summed E-state index contributed by atoms with van der Waals surface area (Å²) in [7, 11) is 0. The Kier molecular flexibility index (Phi) is 17.4. The molecule has 0 saturated heterocycles. The summed E-state index contributed by atoms with van der Waals surface area (Å²) in [6.45, 7) is 2.18. The van der Waals surface area contributed by atoms with Gasteiger partial charge >= 0.3 is 23.9 Å². The van der Waals surface area contributed by atoms with E-state index in [-0.39, 0.29) is 12.8 Å². The minimum Gasteiger partial charge on any atom is -0.481 e. The summed E-state index contributed by atoms with van der Waals surface area (Å²) in [5, 5.41) is 32.8. The molecule has 2 amide bonds. The third-order valence-corrected chi connectivity index (χ3v) is 8.00. The molecule has 208 valence electrons. The number of amides is 2. The molecule has 5 N–H and O–H groups in total. The van der Waals surface area contributed by atoms with E-state index < -0.39 is 42.4 Å².